The van der Waals surface area contributed by atoms with Crippen LogP contribution in [0.4, 0.5) is 5.69 Å². The quantitative estimate of drug-likeness (QED) is 0.461. The second kappa shape index (κ2) is 11.6. The van der Waals surface area contributed by atoms with Gasteiger partial charge >= 0.3 is 5.97 Å². The molecule has 30 heavy (non-hydrogen) atoms. The van der Waals surface area contributed by atoms with Crippen molar-refractivity contribution in [1.29, 1.82) is 0 Å². The number of benzene rings is 2. The number of para-hydroxylation sites is 1. The summed E-state index contributed by atoms with van der Waals surface area (Å²) in [6, 6.07) is 12.3. The molecule has 0 spiro atoms. The van der Waals surface area contributed by atoms with Crippen molar-refractivity contribution in [2.75, 3.05) is 25.1 Å². The van der Waals surface area contributed by atoms with Gasteiger partial charge in [-0.1, -0.05) is 31.5 Å². The second-order valence-corrected chi connectivity index (χ2v) is 6.88. The first-order chi connectivity index (χ1) is 14.4. The van der Waals surface area contributed by atoms with E-state index in [4.69, 9.17) is 9.47 Å². The van der Waals surface area contributed by atoms with Gasteiger partial charge in [-0.15, -0.1) is 0 Å². The summed E-state index contributed by atoms with van der Waals surface area (Å²) in [5, 5.41) is 5.21. The van der Waals surface area contributed by atoms with Crippen LogP contribution in [0.1, 0.15) is 41.3 Å². The number of carbonyl (C=O) groups excluding carboxylic acids is 3. The Bertz CT molecular complexity index is 857. The third kappa shape index (κ3) is 7.24. The summed E-state index contributed by atoms with van der Waals surface area (Å²) in [5.41, 5.74) is 2.94. The Morgan fingerprint density at radius 1 is 0.967 bits per heavy atom. The molecule has 0 fully saturated rings. The number of amides is 2. The van der Waals surface area contributed by atoms with Crippen LogP contribution in [0.5, 0.6) is 5.75 Å². The fourth-order valence-electron chi connectivity index (χ4n) is 2.68. The van der Waals surface area contributed by atoms with E-state index < -0.39 is 24.4 Å². The molecule has 0 radical (unpaired) electrons. The Balaban J connectivity index is 1.73. The zero-order valence-electron chi connectivity index (χ0n) is 17.6. The van der Waals surface area contributed by atoms with E-state index in [9.17, 15) is 14.4 Å². The Morgan fingerprint density at radius 3 is 2.27 bits per heavy atom. The van der Waals surface area contributed by atoms with Gasteiger partial charge in [-0.3, -0.25) is 14.4 Å². The maximum atomic E-state index is 12.1. The lowest BCUT2D eigenvalue weighted by Gasteiger charge is -2.12. The zero-order valence-corrected chi connectivity index (χ0v) is 17.6. The third-order valence-corrected chi connectivity index (χ3v) is 4.39. The average molecular weight is 412 g/mol. The Hall–Kier alpha value is -3.35. The number of carbonyl (C=O) groups is 3. The molecule has 0 saturated heterocycles. The largest absolute Gasteiger partial charge is 0.494 e. The van der Waals surface area contributed by atoms with Gasteiger partial charge < -0.3 is 20.1 Å². The molecule has 0 saturated carbocycles. The first-order valence-electron chi connectivity index (χ1n) is 9.93. The van der Waals surface area contributed by atoms with E-state index in [1.807, 2.05) is 32.0 Å². The van der Waals surface area contributed by atoms with Crippen molar-refractivity contribution in [3.63, 3.8) is 0 Å². The minimum absolute atomic E-state index is 0.329. The van der Waals surface area contributed by atoms with Gasteiger partial charge in [0.1, 0.15) is 12.3 Å². The van der Waals surface area contributed by atoms with Gasteiger partial charge in [0.2, 0.25) is 0 Å². The van der Waals surface area contributed by atoms with Gasteiger partial charge in [-0.25, -0.2) is 0 Å². The van der Waals surface area contributed by atoms with Gasteiger partial charge in [0, 0.05) is 11.3 Å². The Morgan fingerprint density at radius 2 is 1.63 bits per heavy atom. The van der Waals surface area contributed by atoms with E-state index >= 15 is 0 Å². The summed E-state index contributed by atoms with van der Waals surface area (Å²) >= 11 is 0. The molecule has 0 bridgehead atoms. The van der Waals surface area contributed by atoms with E-state index in [0.717, 1.165) is 24.0 Å². The second-order valence-electron chi connectivity index (χ2n) is 6.88. The standard InChI is InChI=1S/C23H28N2O5/c1-4-5-13-29-19-11-9-18(10-12-19)23(28)24-14-21(27)30-15-20(26)25-22-16(2)7-6-8-17(22)3/h6-12H,4-5,13-15H2,1-3H3,(H,24,28)(H,25,26). The van der Waals surface area contributed by atoms with Crippen molar-refractivity contribution in [1.82, 2.24) is 5.32 Å². The van der Waals surface area contributed by atoms with Crippen LogP contribution < -0.4 is 15.4 Å². The highest BCUT2D eigenvalue weighted by molar-refractivity contribution is 5.97. The monoisotopic (exact) mass is 412 g/mol. The lowest BCUT2D eigenvalue weighted by molar-refractivity contribution is -0.146. The number of ether oxygens (including phenoxy) is 2. The van der Waals surface area contributed by atoms with Crippen LogP contribution in [0.2, 0.25) is 0 Å². The highest BCUT2D eigenvalue weighted by atomic mass is 16.5. The summed E-state index contributed by atoms with van der Waals surface area (Å²) < 4.78 is 10.5. The number of nitrogens with one attached hydrogen (secondary N) is 2. The molecule has 0 unspecified atom stereocenters. The zero-order chi connectivity index (χ0) is 21.9. The van der Waals surface area contributed by atoms with Crippen LogP contribution in [-0.4, -0.2) is 37.5 Å². The molecule has 0 aromatic heterocycles. The molecule has 0 atom stereocenters. The smallest absolute Gasteiger partial charge is 0.325 e. The Labute approximate surface area is 176 Å². The molecule has 2 N–H and O–H groups in total. The molecule has 2 aromatic rings. The molecule has 0 aliphatic carbocycles. The topological polar surface area (TPSA) is 93.7 Å². The van der Waals surface area contributed by atoms with Crippen LogP contribution in [0.3, 0.4) is 0 Å². The van der Waals surface area contributed by atoms with Gasteiger partial charge in [0.25, 0.3) is 11.8 Å². The Kier molecular flexibility index (Phi) is 8.87. The molecule has 0 aliphatic heterocycles. The molecule has 2 aromatic carbocycles. The van der Waals surface area contributed by atoms with Gasteiger partial charge in [-0.05, 0) is 55.7 Å². The number of rotatable bonds is 10. The van der Waals surface area contributed by atoms with Gasteiger partial charge in [-0.2, -0.15) is 0 Å². The predicted octanol–water partition coefficient (Wildman–Crippen LogP) is 3.39. The van der Waals surface area contributed by atoms with Crippen LogP contribution >= 0.6 is 0 Å². The molecular formula is C23H28N2O5. The summed E-state index contributed by atoms with van der Waals surface area (Å²) in [4.78, 5) is 36.0. The normalized spacial score (nSPS) is 10.2. The molecule has 0 heterocycles. The van der Waals surface area contributed by atoms with Crippen molar-refractivity contribution in [3.8, 4) is 5.75 Å². The molecule has 160 valence electrons. The fourth-order valence-corrected chi connectivity index (χ4v) is 2.68. The van der Waals surface area contributed by atoms with Crippen LogP contribution in [0.25, 0.3) is 0 Å². The minimum Gasteiger partial charge on any atom is -0.494 e. The summed E-state index contributed by atoms with van der Waals surface area (Å²) in [5.74, 6) is -0.855. The fraction of sp³-hybridized carbons (Fsp3) is 0.348. The molecule has 7 nitrogen and oxygen atoms in total. The molecule has 2 amide bonds. The van der Waals surface area contributed by atoms with Crippen molar-refractivity contribution < 1.29 is 23.9 Å². The maximum Gasteiger partial charge on any atom is 0.325 e. The molecule has 7 heteroatoms. The van der Waals surface area contributed by atoms with E-state index in [0.29, 0.717) is 23.6 Å². The summed E-state index contributed by atoms with van der Waals surface area (Å²) in [7, 11) is 0. The van der Waals surface area contributed by atoms with Crippen molar-refractivity contribution in [2.24, 2.45) is 0 Å². The predicted molar refractivity (Wildman–Crippen MR) is 115 cm³/mol. The van der Waals surface area contributed by atoms with Crippen molar-refractivity contribution >= 4 is 23.5 Å². The third-order valence-electron chi connectivity index (χ3n) is 4.39. The number of esters is 1. The number of anilines is 1. The SMILES string of the molecule is CCCCOc1ccc(C(=O)NCC(=O)OCC(=O)Nc2c(C)cccc2C)cc1. The average Bonchev–Trinajstić information content (AvgIpc) is 2.74. The lowest BCUT2D eigenvalue weighted by atomic mass is 10.1. The van der Waals surface area contributed by atoms with Crippen LogP contribution in [-0.2, 0) is 14.3 Å². The number of unbranched alkanes of at least 4 members (excludes halogenated alkanes) is 1. The van der Waals surface area contributed by atoms with Gasteiger partial charge in [0.05, 0.1) is 6.61 Å². The molecular weight excluding hydrogens is 384 g/mol. The molecule has 2 rings (SSSR count). The first kappa shape index (κ1) is 22.9. The van der Waals surface area contributed by atoms with E-state index in [1.54, 1.807) is 24.3 Å². The highest BCUT2D eigenvalue weighted by Crippen LogP contribution is 2.19. The molecule has 0 aliphatic rings. The van der Waals surface area contributed by atoms with E-state index in [-0.39, 0.29) is 6.54 Å². The van der Waals surface area contributed by atoms with Crippen molar-refractivity contribution in [2.45, 2.75) is 33.6 Å². The number of aryl methyl sites for hydroxylation is 2. The van der Waals surface area contributed by atoms with Crippen molar-refractivity contribution in [3.05, 3.63) is 59.2 Å². The summed E-state index contributed by atoms with van der Waals surface area (Å²) in [6.07, 6.45) is 2.01. The summed E-state index contributed by atoms with van der Waals surface area (Å²) in [6.45, 7) is 5.73. The van der Waals surface area contributed by atoms with E-state index in [1.165, 1.54) is 0 Å². The van der Waals surface area contributed by atoms with Gasteiger partial charge in [0.15, 0.2) is 6.61 Å². The number of hydrogen-bond acceptors (Lipinski definition) is 5. The van der Waals surface area contributed by atoms with Crippen LogP contribution in [0, 0.1) is 13.8 Å². The highest BCUT2D eigenvalue weighted by Gasteiger charge is 2.12. The first-order valence-corrected chi connectivity index (χ1v) is 9.93. The van der Waals surface area contributed by atoms with Crippen LogP contribution in [0.15, 0.2) is 42.5 Å². The van der Waals surface area contributed by atoms with E-state index in [2.05, 4.69) is 17.6 Å². The minimum atomic E-state index is -0.695. The maximum absolute atomic E-state index is 12.1. The lowest BCUT2D eigenvalue weighted by Crippen LogP contribution is -2.32. The number of hydrogen-bond donors (Lipinski definition) is 2.